The van der Waals surface area contributed by atoms with Gasteiger partial charge in [-0.2, -0.15) is 0 Å². The number of β-amino-alcohol motifs (C(OH)–C–C–N with tert-alkyl or cyclic N) is 1. The first-order chi connectivity index (χ1) is 8.87. The number of ether oxygens (including phenoxy) is 1. The minimum Gasteiger partial charge on any atom is -0.444 e. The lowest BCUT2D eigenvalue weighted by Gasteiger charge is -2.24. The van der Waals surface area contributed by atoms with Crippen molar-refractivity contribution in [3.05, 3.63) is 30.1 Å². The van der Waals surface area contributed by atoms with Crippen LogP contribution in [-0.2, 0) is 4.74 Å². The zero-order chi connectivity index (χ0) is 14.0. The lowest BCUT2D eigenvalue weighted by Crippen LogP contribution is -2.35. The van der Waals surface area contributed by atoms with E-state index in [1.54, 1.807) is 17.3 Å². The summed E-state index contributed by atoms with van der Waals surface area (Å²) in [4.78, 5) is 17.6. The molecule has 19 heavy (non-hydrogen) atoms. The predicted octanol–water partition coefficient (Wildman–Crippen LogP) is 1.78. The molecular weight excluding hydrogens is 244 g/mol. The fraction of sp³-hybridized carbons (Fsp3) is 0.571. The quantitative estimate of drug-likeness (QED) is 0.839. The molecule has 2 unspecified atom stereocenters. The molecule has 5 heteroatoms. The van der Waals surface area contributed by atoms with Gasteiger partial charge >= 0.3 is 6.09 Å². The maximum absolute atomic E-state index is 12.0. The summed E-state index contributed by atoms with van der Waals surface area (Å²) < 4.78 is 5.31. The van der Waals surface area contributed by atoms with E-state index in [4.69, 9.17) is 4.74 Å². The molecule has 0 radical (unpaired) electrons. The molecule has 0 aliphatic carbocycles. The Morgan fingerprint density at radius 3 is 2.79 bits per heavy atom. The van der Waals surface area contributed by atoms with E-state index in [0.717, 1.165) is 5.56 Å². The van der Waals surface area contributed by atoms with E-state index in [0.29, 0.717) is 13.1 Å². The van der Waals surface area contributed by atoms with Crippen molar-refractivity contribution in [3.8, 4) is 0 Å². The van der Waals surface area contributed by atoms with Gasteiger partial charge in [-0.25, -0.2) is 4.79 Å². The summed E-state index contributed by atoms with van der Waals surface area (Å²) in [5.74, 6) is -0.0961. The molecule has 0 bridgehead atoms. The zero-order valence-corrected chi connectivity index (χ0v) is 11.5. The Bertz CT molecular complexity index is 442. The molecule has 2 rings (SSSR count). The van der Waals surface area contributed by atoms with E-state index >= 15 is 0 Å². The van der Waals surface area contributed by atoms with Crippen LogP contribution in [0.25, 0.3) is 0 Å². The topological polar surface area (TPSA) is 62.7 Å². The largest absolute Gasteiger partial charge is 0.444 e. The van der Waals surface area contributed by atoms with Gasteiger partial charge in [-0.3, -0.25) is 4.98 Å². The second kappa shape index (κ2) is 5.17. The number of aliphatic hydroxyl groups excluding tert-OH is 1. The average molecular weight is 264 g/mol. The van der Waals surface area contributed by atoms with Gasteiger partial charge in [0.2, 0.25) is 0 Å². The number of carbonyl (C=O) groups excluding carboxylic acids is 1. The number of rotatable bonds is 1. The van der Waals surface area contributed by atoms with Gasteiger partial charge in [0.1, 0.15) is 5.60 Å². The van der Waals surface area contributed by atoms with Gasteiger partial charge in [0.15, 0.2) is 0 Å². The van der Waals surface area contributed by atoms with Crippen molar-refractivity contribution in [3.63, 3.8) is 0 Å². The third-order valence-electron chi connectivity index (χ3n) is 3.05. The molecule has 1 saturated heterocycles. The van der Waals surface area contributed by atoms with Crippen molar-refractivity contribution in [2.45, 2.75) is 38.4 Å². The number of likely N-dealkylation sites (tertiary alicyclic amines) is 1. The molecular formula is C14H20N2O3. The SMILES string of the molecule is CC(C)(C)OC(=O)N1CC(O)C(c2cccnc2)C1. The highest BCUT2D eigenvalue weighted by Crippen LogP contribution is 2.28. The average Bonchev–Trinajstić information content (AvgIpc) is 2.70. The molecule has 1 aliphatic heterocycles. The third kappa shape index (κ3) is 3.44. The molecule has 104 valence electrons. The van der Waals surface area contributed by atoms with Crippen molar-refractivity contribution in [2.75, 3.05) is 13.1 Å². The van der Waals surface area contributed by atoms with E-state index in [-0.39, 0.29) is 12.0 Å². The summed E-state index contributed by atoms with van der Waals surface area (Å²) in [6, 6.07) is 3.75. The summed E-state index contributed by atoms with van der Waals surface area (Å²) in [6.45, 7) is 6.25. The number of hydrogen-bond acceptors (Lipinski definition) is 4. The lowest BCUT2D eigenvalue weighted by atomic mass is 9.98. The Hall–Kier alpha value is -1.62. The Morgan fingerprint density at radius 2 is 2.21 bits per heavy atom. The molecule has 1 N–H and O–H groups in total. The monoisotopic (exact) mass is 264 g/mol. The predicted molar refractivity (Wildman–Crippen MR) is 70.8 cm³/mol. The fourth-order valence-electron chi connectivity index (χ4n) is 2.19. The first-order valence-electron chi connectivity index (χ1n) is 6.43. The van der Waals surface area contributed by atoms with E-state index in [2.05, 4.69) is 4.98 Å². The molecule has 1 aromatic heterocycles. The van der Waals surface area contributed by atoms with Crippen LogP contribution in [0.2, 0.25) is 0 Å². The molecule has 0 aromatic carbocycles. The highest BCUT2D eigenvalue weighted by Gasteiger charge is 2.36. The molecule has 0 spiro atoms. The molecule has 0 saturated carbocycles. The Morgan fingerprint density at radius 1 is 1.47 bits per heavy atom. The van der Waals surface area contributed by atoms with Crippen LogP contribution in [-0.4, -0.2) is 45.9 Å². The van der Waals surface area contributed by atoms with Crippen LogP contribution in [0.15, 0.2) is 24.5 Å². The number of carbonyl (C=O) groups is 1. The van der Waals surface area contributed by atoms with Gasteiger partial charge in [0, 0.05) is 24.9 Å². The molecule has 1 aliphatic rings. The number of nitrogens with zero attached hydrogens (tertiary/aromatic N) is 2. The Kier molecular flexibility index (Phi) is 3.75. The lowest BCUT2D eigenvalue weighted by molar-refractivity contribution is 0.0270. The van der Waals surface area contributed by atoms with E-state index in [1.165, 1.54) is 0 Å². The van der Waals surface area contributed by atoms with Crippen molar-refractivity contribution in [1.82, 2.24) is 9.88 Å². The summed E-state index contributed by atoms with van der Waals surface area (Å²) in [6.07, 6.45) is 2.47. The highest BCUT2D eigenvalue weighted by molar-refractivity contribution is 5.68. The molecule has 5 nitrogen and oxygen atoms in total. The van der Waals surface area contributed by atoms with Gasteiger partial charge in [0.05, 0.1) is 12.6 Å². The second-order valence-corrected chi connectivity index (χ2v) is 5.85. The minimum absolute atomic E-state index is 0.0961. The number of aromatic nitrogens is 1. The first kappa shape index (κ1) is 13.8. The molecule has 1 aromatic rings. The molecule has 2 heterocycles. The number of amides is 1. The first-order valence-corrected chi connectivity index (χ1v) is 6.43. The van der Waals surface area contributed by atoms with Gasteiger partial charge in [-0.1, -0.05) is 6.07 Å². The summed E-state index contributed by atoms with van der Waals surface area (Å²) in [5.41, 5.74) is 0.426. The van der Waals surface area contributed by atoms with Crippen LogP contribution >= 0.6 is 0 Å². The van der Waals surface area contributed by atoms with Gasteiger partial charge in [-0.05, 0) is 32.4 Å². The van der Waals surface area contributed by atoms with Gasteiger partial charge in [0.25, 0.3) is 0 Å². The summed E-state index contributed by atoms with van der Waals surface area (Å²) in [5, 5.41) is 10.1. The molecule has 2 atom stereocenters. The summed E-state index contributed by atoms with van der Waals surface area (Å²) >= 11 is 0. The van der Waals surface area contributed by atoms with Crippen molar-refractivity contribution >= 4 is 6.09 Å². The van der Waals surface area contributed by atoms with Crippen molar-refractivity contribution < 1.29 is 14.6 Å². The van der Waals surface area contributed by atoms with Crippen LogP contribution in [0, 0.1) is 0 Å². The van der Waals surface area contributed by atoms with Crippen LogP contribution in [0.3, 0.4) is 0 Å². The minimum atomic E-state index is -0.572. The Labute approximate surface area is 113 Å². The molecule has 1 amide bonds. The second-order valence-electron chi connectivity index (χ2n) is 5.85. The maximum Gasteiger partial charge on any atom is 0.410 e. The molecule has 1 fully saturated rings. The van der Waals surface area contributed by atoms with E-state index in [9.17, 15) is 9.90 Å². The van der Waals surface area contributed by atoms with Crippen molar-refractivity contribution in [2.24, 2.45) is 0 Å². The van der Waals surface area contributed by atoms with Crippen molar-refractivity contribution in [1.29, 1.82) is 0 Å². The van der Waals surface area contributed by atoms with Crippen LogP contribution in [0.5, 0.6) is 0 Å². The van der Waals surface area contributed by atoms with E-state index < -0.39 is 11.7 Å². The maximum atomic E-state index is 12.0. The fourth-order valence-corrected chi connectivity index (χ4v) is 2.19. The number of hydrogen-bond donors (Lipinski definition) is 1. The third-order valence-corrected chi connectivity index (χ3v) is 3.05. The van der Waals surface area contributed by atoms with Crippen LogP contribution in [0.4, 0.5) is 4.79 Å². The highest BCUT2D eigenvalue weighted by atomic mass is 16.6. The number of aliphatic hydroxyl groups is 1. The zero-order valence-electron chi connectivity index (χ0n) is 11.5. The van der Waals surface area contributed by atoms with Crippen LogP contribution in [0.1, 0.15) is 32.3 Å². The van der Waals surface area contributed by atoms with E-state index in [1.807, 2.05) is 32.9 Å². The van der Waals surface area contributed by atoms with Gasteiger partial charge < -0.3 is 14.7 Å². The smallest absolute Gasteiger partial charge is 0.410 e. The Balaban J connectivity index is 2.04. The summed E-state index contributed by atoms with van der Waals surface area (Å²) in [7, 11) is 0. The standard InChI is InChI=1S/C14H20N2O3/c1-14(2,3)19-13(18)16-8-11(12(17)9-16)10-5-4-6-15-7-10/h4-7,11-12,17H,8-9H2,1-3H3. The number of pyridine rings is 1. The van der Waals surface area contributed by atoms with Gasteiger partial charge in [-0.15, -0.1) is 0 Å². The van der Waals surface area contributed by atoms with Crippen LogP contribution < -0.4 is 0 Å². The normalized spacial score (nSPS) is 23.5.